The Kier molecular flexibility index (Phi) is 8.48. The van der Waals surface area contributed by atoms with Gasteiger partial charge in [0.1, 0.15) is 0 Å². The zero-order valence-corrected chi connectivity index (χ0v) is 12.9. The standard InChI is InChI=1S/C17H30N2/c1-4-12-19-17(7-5-6-15(2)3)9-8-16-10-13-18-14-11-16/h10-11,13-15,17,19H,4-9,12H2,1-3H3. The van der Waals surface area contributed by atoms with E-state index in [2.05, 4.69) is 43.2 Å². The molecule has 1 aromatic heterocycles. The summed E-state index contributed by atoms with van der Waals surface area (Å²) in [5.74, 6) is 0.826. The summed E-state index contributed by atoms with van der Waals surface area (Å²) in [7, 11) is 0. The summed E-state index contributed by atoms with van der Waals surface area (Å²) >= 11 is 0. The van der Waals surface area contributed by atoms with Crippen LogP contribution in [0.25, 0.3) is 0 Å². The molecule has 1 rings (SSSR count). The maximum atomic E-state index is 4.08. The molecule has 1 atom stereocenters. The van der Waals surface area contributed by atoms with E-state index in [-0.39, 0.29) is 0 Å². The Morgan fingerprint density at radius 3 is 2.47 bits per heavy atom. The van der Waals surface area contributed by atoms with E-state index in [1.165, 1.54) is 37.7 Å². The first-order valence-corrected chi connectivity index (χ1v) is 7.84. The van der Waals surface area contributed by atoms with E-state index in [0.717, 1.165) is 18.9 Å². The van der Waals surface area contributed by atoms with E-state index in [4.69, 9.17) is 0 Å². The van der Waals surface area contributed by atoms with E-state index in [0.29, 0.717) is 6.04 Å². The number of nitrogens with one attached hydrogen (secondary N) is 1. The van der Waals surface area contributed by atoms with Crippen molar-refractivity contribution in [2.75, 3.05) is 6.54 Å². The number of pyridine rings is 1. The third-order valence-electron chi connectivity index (χ3n) is 3.55. The van der Waals surface area contributed by atoms with Gasteiger partial charge >= 0.3 is 0 Å². The van der Waals surface area contributed by atoms with Gasteiger partial charge in [-0.25, -0.2) is 0 Å². The molecule has 0 saturated heterocycles. The molecule has 1 aromatic rings. The summed E-state index contributed by atoms with van der Waals surface area (Å²) < 4.78 is 0. The zero-order valence-electron chi connectivity index (χ0n) is 12.9. The summed E-state index contributed by atoms with van der Waals surface area (Å²) in [5.41, 5.74) is 1.40. The van der Waals surface area contributed by atoms with Crippen LogP contribution in [0.3, 0.4) is 0 Å². The van der Waals surface area contributed by atoms with Crippen LogP contribution in [0.5, 0.6) is 0 Å². The Balaban J connectivity index is 2.31. The maximum absolute atomic E-state index is 4.08. The number of rotatable bonds is 10. The molecule has 0 aliphatic heterocycles. The second kappa shape index (κ2) is 9.96. The average molecular weight is 262 g/mol. The Labute approximate surface area is 119 Å². The molecule has 19 heavy (non-hydrogen) atoms. The topological polar surface area (TPSA) is 24.9 Å². The Morgan fingerprint density at radius 2 is 1.84 bits per heavy atom. The minimum atomic E-state index is 0.673. The molecule has 0 amide bonds. The first-order valence-electron chi connectivity index (χ1n) is 7.84. The van der Waals surface area contributed by atoms with Crippen molar-refractivity contribution >= 4 is 0 Å². The highest BCUT2D eigenvalue weighted by Gasteiger charge is 2.08. The molecule has 108 valence electrons. The molecule has 0 bridgehead atoms. The Hall–Kier alpha value is -0.890. The zero-order chi connectivity index (χ0) is 13.9. The lowest BCUT2D eigenvalue weighted by molar-refractivity contribution is 0.417. The molecular formula is C17H30N2. The molecule has 0 spiro atoms. The van der Waals surface area contributed by atoms with Crippen molar-refractivity contribution in [3.8, 4) is 0 Å². The predicted octanol–water partition coefficient (Wildman–Crippen LogP) is 4.21. The van der Waals surface area contributed by atoms with Gasteiger partial charge in [0.15, 0.2) is 0 Å². The molecule has 1 heterocycles. The van der Waals surface area contributed by atoms with Crippen molar-refractivity contribution in [2.45, 2.75) is 65.3 Å². The van der Waals surface area contributed by atoms with Crippen LogP contribution in [0.15, 0.2) is 24.5 Å². The molecule has 0 fully saturated rings. The van der Waals surface area contributed by atoms with Gasteiger partial charge < -0.3 is 5.32 Å². The van der Waals surface area contributed by atoms with Crippen molar-refractivity contribution in [3.63, 3.8) is 0 Å². The van der Waals surface area contributed by atoms with Gasteiger partial charge in [-0.15, -0.1) is 0 Å². The maximum Gasteiger partial charge on any atom is 0.0270 e. The van der Waals surface area contributed by atoms with Gasteiger partial charge in [0, 0.05) is 18.4 Å². The monoisotopic (exact) mass is 262 g/mol. The van der Waals surface area contributed by atoms with Crippen LogP contribution >= 0.6 is 0 Å². The number of aryl methyl sites for hydroxylation is 1. The largest absolute Gasteiger partial charge is 0.314 e. The highest BCUT2D eigenvalue weighted by atomic mass is 14.9. The Morgan fingerprint density at radius 1 is 1.11 bits per heavy atom. The SMILES string of the molecule is CCCNC(CCCC(C)C)CCc1ccncc1. The van der Waals surface area contributed by atoms with Crippen molar-refractivity contribution in [1.29, 1.82) is 0 Å². The quantitative estimate of drug-likeness (QED) is 0.683. The second-order valence-corrected chi connectivity index (χ2v) is 5.87. The van der Waals surface area contributed by atoms with Crippen LogP contribution in [-0.4, -0.2) is 17.6 Å². The van der Waals surface area contributed by atoms with E-state index < -0.39 is 0 Å². The minimum Gasteiger partial charge on any atom is -0.314 e. The third kappa shape index (κ3) is 7.99. The van der Waals surface area contributed by atoms with Crippen molar-refractivity contribution in [1.82, 2.24) is 10.3 Å². The second-order valence-electron chi connectivity index (χ2n) is 5.87. The summed E-state index contributed by atoms with van der Waals surface area (Å²) in [5, 5.41) is 3.70. The van der Waals surface area contributed by atoms with Crippen LogP contribution in [0.4, 0.5) is 0 Å². The highest BCUT2D eigenvalue weighted by molar-refractivity contribution is 5.09. The van der Waals surface area contributed by atoms with E-state index in [9.17, 15) is 0 Å². The highest BCUT2D eigenvalue weighted by Crippen LogP contribution is 2.12. The number of hydrogen-bond acceptors (Lipinski definition) is 2. The first-order chi connectivity index (χ1) is 9.22. The van der Waals surface area contributed by atoms with Crippen LogP contribution in [0.1, 0.15) is 58.4 Å². The Bertz CT molecular complexity index is 308. The number of hydrogen-bond donors (Lipinski definition) is 1. The molecular weight excluding hydrogens is 232 g/mol. The average Bonchev–Trinajstić information content (AvgIpc) is 2.42. The van der Waals surface area contributed by atoms with E-state index in [1.807, 2.05) is 12.4 Å². The van der Waals surface area contributed by atoms with Crippen LogP contribution < -0.4 is 5.32 Å². The van der Waals surface area contributed by atoms with Crippen molar-refractivity contribution < 1.29 is 0 Å². The summed E-state index contributed by atoms with van der Waals surface area (Å²) in [6.07, 6.45) is 11.4. The van der Waals surface area contributed by atoms with Crippen molar-refractivity contribution in [3.05, 3.63) is 30.1 Å². The molecule has 0 aliphatic carbocycles. The molecule has 2 heteroatoms. The molecule has 0 radical (unpaired) electrons. The molecule has 0 aliphatic rings. The molecule has 1 unspecified atom stereocenters. The summed E-state index contributed by atoms with van der Waals surface area (Å²) in [4.78, 5) is 4.08. The van der Waals surface area contributed by atoms with Gasteiger partial charge in [-0.05, 0) is 55.8 Å². The van der Waals surface area contributed by atoms with E-state index >= 15 is 0 Å². The lowest BCUT2D eigenvalue weighted by atomic mass is 9.98. The molecule has 0 saturated carbocycles. The van der Waals surface area contributed by atoms with Gasteiger partial charge in [0.05, 0.1) is 0 Å². The van der Waals surface area contributed by atoms with E-state index in [1.54, 1.807) is 0 Å². The predicted molar refractivity (Wildman–Crippen MR) is 83.3 cm³/mol. The van der Waals surface area contributed by atoms with Gasteiger partial charge in [-0.1, -0.05) is 33.6 Å². The smallest absolute Gasteiger partial charge is 0.0270 e. The number of aromatic nitrogens is 1. The third-order valence-corrected chi connectivity index (χ3v) is 3.55. The fourth-order valence-corrected chi connectivity index (χ4v) is 2.36. The van der Waals surface area contributed by atoms with Crippen LogP contribution in [-0.2, 0) is 6.42 Å². The fraction of sp³-hybridized carbons (Fsp3) is 0.706. The van der Waals surface area contributed by atoms with Gasteiger partial charge in [-0.2, -0.15) is 0 Å². The summed E-state index contributed by atoms with van der Waals surface area (Å²) in [6.45, 7) is 8.00. The van der Waals surface area contributed by atoms with Crippen molar-refractivity contribution in [2.24, 2.45) is 5.92 Å². The van der Waals surface area contributed by atoms with Gasteiger partial charge in [0.2, 0.25) is 0 Å². The lowest BCUT2D eigenvalue weighted by Gasteiger charge is -2.19. The molecule has 1 N–H and O–H groups in total. The van der Waals surface area contributed by atoms with Crippen LogP contribution in [0.2, 0.25) is 0 Å². The minimum absolute atomic E-state index is 0.673. The van der Waals surface area contributed by atoms with Crippen LogP contribution in [0, 0.1) is 5.92 Å². The molecule has 0 aromatic carbocycles. The first kappa shape index (κ1) is 16.2. The lowest BCUT2D eigenvalue weighted by Crippen LogP contribution is -2.30. The number of nitrogens with zero attached hydrogens (tertiary/aromatic N) is 1. The summed E-state index contributed by atoms with van der Waals surface area (Å²) in [6, 6.07) is 4.93. The molecule has 2 nitrogen and oxygen atoms in total. The van der Waals surface area contributed by atoms with Gasteiger partial charge in [-0.3, -0.25) is 4.98 Å². The normalized spacial score (nSPS) is 12.8. The fourth-order valence-electron chi connectivity index (χ4n) is 2.36. The van der Waals surface area contributed by atoms with Gasteiger partial charge in [0.25, 0.3) is 0 Å².